The van der Waals surface area contributed by atoms with E-state index in [1.807, 2.05) is 0 Å². The summed E-state index contributed by atoms with van der Waals surface area (Å²) >= 11 is 0. The van der Waals surface area contributed by atoms with Gasteiger partial charge in [-0.1, -0.05) is 0 Å². The van der Waals surface area contributed by atoms with E-state index in [4.69, 9.17) is 0 Å². The second-order valence-corrected chi connectivity index (χ2v) is 7.00. The van der Waals surface area contributed by atoms with E-state index in [2.05, 4.69) is 20.2 Å². The molecule has 29 heavy (non-hydrogen) atoms. The number of carbonyl (C=O) groups is 2. The topological polar surface area (TPSA) is 136 Å². The molecule has 2 aromatic carbocycles. The van der Waals surface area contributed by atoms with Crippen molar-refractivity contribution < 1.29 is 24.9 Å². The average Bonchev–Trinajstić information content (AvgIpc) is 3.21. The Hall–Kier alpha value is -3.46. The van der Waals surface area contributed by atoms with Crippen molar-refractivity contribution in [3.8, 4) is 17.2 Å². The van der Waals surface area contributed by atoms with Gasteiger partial charge in [-0.25, -0.2) is 9.97 Å². The van der Waals surface area contributed by atoms with Gasteiger partial charge in [0.25, 0.3) is 5.91 Å². The molecule has 3 aromatic rings. The third-order valence-electron chi connectivity index (χ3n) is 5.12. The van der Waals surface area contributed by atoms with Gasteiger partial charge in [-0.2, -0.15) is 0 Å². The number of phenols is 3. The maximum atomic E-state index is 12.7. The van der Waals surface area contributed by atoms with E-state index in [0.717, 1.165) is 25.7 Å². The number of amides is 1. The van der Waals surface area contributed by atoms with Crippen molar-refractivity contribution in [3.05, 3.63) is 29.3 Å². The molecule has 0 bridgehead atoms. The summed E-state index contributed by atoms with van der Waals surface area (Å²) in [6.45, 7) is 3.27. The van der Waals surface area contributed by atoms with Crippen LogP contribution in [-0.2, 0) is 0 Å². The number of benzene rings is 2. The average molecular weight is 396 g/mol. The minimum atomic E-state index is -0.450. The van der Waals surface area contributed by atoms with E-state index in [1.165, 1.54) is 25.0 Å². The van der Waals surface area contributed by atoms with Crippen LogP contribution in [0.5, 0.6) is 17.2 Å². The number of nitrogens with one attached hydrogen (secondary N) is 1. The van der Waals surface area contributed by atoms with Crippen molar-refractivity contribution in [1.29, 1.82) is 0 Å². The Labute approximate surface area is 165 Å². The number of nitrogens with zero attached hydrogens (tertiary/aromatic N) is 3. The van der Waals surface area contributed by atoms with Crippen molar-refractivity contribution in [3.63, 3.8) is 0 Å². The highest BCUT2D eigenvalue weighted by Gasteiger charge is 2.20. The largest absolute Gasteiger partial charge is 0.507 e. The van der Waals surface area contributed by atoms with Gasteiger partial charge < -0.3 is 25.5 Å². The fraction of sp³-hybridized carbons (Fsp3) is 0.300. The van der Waals surface area contributed by atoms with Crippen molar-refractivity contribution >= 4 is 34.3 Å². The van der Waals surface area contributed by atoms with Crippen LogP contribution in [0.25, 0.3) is 22.1 Å². The highest BCUT2D eigenvalue weighted by Crippen LogP contribution is 2.35. The van der Waals surface area contributed by atoms with Gasteiger partial charge in [0.1, 0.15) is 39.3 Å². The van der Waals surface area contributed by atoms with E-state index < -0.39 is 5.75 Å². The molecule has 1 saturated heterocycles. The zero-order chi connectivity index (χ0) is 20.5. The highest BCUT2D eigenvalue weighted by molar-refractivity contribution is 6.09. The number of aromatic hydroxyl groups is 3. The van der Waals surface area contributed by atoms with Gasteiger partial charge >= 0.3 is 0 Å². The second kappa shape index (κ2) is 7.51. The summed E-state index contributed by atoms with van der Waals surface area (Å²) in [7, 11) is 0. The molecule has 0 atom stereocenters. The van der Waals surface area contributed by atoms with Crippen LogP contribution in [-0.4, -0.2) is 68.6 Å². The number of rotatable bonds is 5. The molecule has 0 spiro atoms. The lowest BCUT2D eigenvalue weighted by Gasteiger charge is -2.15. The summed E-state index contributed by atoms with van der Waals surface area (Å²) < 4.78 is 0. The van der Waals surface area contributed by atoms with Crippen LogP contribution in [0.2, 0.25) is 0 Å². The summed E-state index contributed by atoms with van der Waals surface area (Å²) in [5.41, 5.74) is 0.00799. The Balaban J connectivity index is 1.75. The lowest BCUT2D eigenvalue weighted by Crippen LogP contribution is -2.33. The molecule has 1 aliphatic heterocycles. The summed E-state index contributed by atoms with van der Waals surface area (Å²) in [5, 5.41) is 33.1. The number of aromatic nitrogens is 2. The zero-order valence-corrected chi connectivity index (χ0v) is 15.6. The van der Waals surface area contributed by atoms with Crippen molar-refractivity contribution in [1.82, 2.24) is 20.2 Å². The Bertz CT molecular complexity index is 1130. The number of likely N-dealkylation sites (tertiary alicyclic amines) is 1. The van der Waals surface area contributed by atoms with Crippen molar-refractivity contribution in [2.24, 2.45) is 0 Å². The molecule has 9 heteroatoms. The van der Waals surface area contributed by atoms with E-state index in [1.54, 1.807) is 0 Å². The first-order valence-corrected chi connectivity index (χ1v) is 9.33. The fourth-order valence-corrected chi connectivity index (χ4v) is 3.61. The van der Waals surface area contributed by atoms with Gasteiger partial charge in [-0.15, -0.1) is 0 Å². The minimum Gasteiger partial charge on any atom is -0.507 e. The molecular formula is C20H20N4O5. The Kier molecular flexibility index (Phi) is 4.89. The number of phenolic OH excluding ortho intramolecular Hbond substituents is 3. The molecule has 0 saturated carbocycles. The van der Waals surface area contributed by atoms with Crippen molar-refractivity contribution in [2.45, 2.75) is 12.8 Å². The van der Waals surface area contributed by atoms with Crippen molar-refractivity contribution in [2.75, 3.05) is 26.2 Å². The highest BCUT2D eigenvalue weighted by atomic mass is 16.3. The normalized spacial score (nSPS) is 14.5. The monoisotopic (exact) mass is 396 g/mol. The lowest BCUT2D eigenvalue weighted by atomic mass is 10.1. The molecular weight excluding hydrogens is 376 g/mol. The smallest absolute Gasteiger partial charge is 0.253 e. The molecule has 1 aliphatic rings. The standard InChI is InChI=1S/C20H20N4O5/c25-10-12-14(27)9-15(28)19-17(12)23-18-13(26)4-3-11(16(18)22-19)20(29)21-5-8-24-6-1-2-7-24/h3-4,9-10,26-28H,1-2,5-8H2,(H,21,29). The van der Waals surface area contributed by atoms with E-state index in [-0.39, 0.29) is 50.6 Å². The first kappa shape index (κ1) is 18.9. The molecule has 2 heterocycles. The number of aldehydes is 1. The van der Waals surface area contributed by atoms with Crippen LogP contribution < -0.4 is 5.32 Å². The van der Waals surface area contributed by atoms with Crippen LogP contribution in [0.3, 0.4) is 0 Å². The third-order valence-corrected chi connectivity index (χ3v) is 5.12. The van der Waals surface area contributed by atoms with Crippen LogP contribution in [0, 0.1) is 0 Å². The van der Waals surface area contributed by atoms with Gasteiger partial charge in [0, 0.05) is 19.2 Å². The van der Waals surface area contributed by atoms with Crippen LogP contribution >= 0.6 is 0 Å². The maximum Gasteiger partial charge on any atom is 0.253 e. The number of hydrogen-bond donors (Lipinski definition) is 4. The Morgan fingerprint density at radius 2 is 1.69 bits per heavy atom. The molecule has 9 nitrogen and oxygen atoms in total. The van der Waals surface area contributed by atoms with Crippen LogP contribution in [0.1, 0.15) is 33.6 Å². The molecule has 150 valence electrons. The first-order valence-electron chi connectivity index (χ1n) is 9.33. The predicted octanol–water partition coefficient (Wildman–Crippen LogP) is 1.54. The number of carbonyl (C=O) groups excluding carboxylic acids is 2. The van der Waals surface area contributed by atoms with Crippen LogP contribution in [0.4, 0.5) is 0 Å². The summed E-state index contributed by atoms with van der Waals surface area (Å²) in [6, 6.07) is 3.74. The molecule has 0 aliphatic carbocycles. The van der Waals surface area contributed by atoms with E-state index in [0.29, 0.717) is 12.8 Å². The molecule has 0 unspecified atom stereocenters. The first-order chi connectivity index (χ1) is 14.0. The van der Waals surface area contributed by atoms with Gasteiger partial charge in [0.05, 0.1) is 11.1 Å². The summed E-state index contributed by atoms with van der Waals surface area (Å²) in [6.07, 6.45) is 2.73. The maximum absolute atomic E-state index is 12.7. The SMILES string of the molecule is O=Cc1c(O)cc(O)c2nc3c(C(=O)NCCN4CCCC4)ccc(O)c3nc12. The Morgan fingerprint density at radius 1 is 1.00 bits per heavy atom. The fourth-order valence-electron chi connectivity index (χ4n) is 3.61. The summed E-state index contributed by atoms with van der Waals surface area (Å²) in [5.74, 6) is -1.45. The number of hydrogen-bond acceptors (Lipinski definition) is 8. The van der Waals surface area contributed by atoms with E-state index in [9.17, 15) is 24.9 Å². The third kappa shape index (κ3) is 3.40. The lowest BCUT2D eigenvalue weighted by molar-refractivity contribution is 0.0951. The molecule has 4 rings (SSSR count). The summed E-state index contributed by atoms with van der Waals surface area (Å²) in [4.78, 5) is 34.8. The number of fused-ring (bicyclic) bond motifs is 2. The zero-order valence-electron chi connectivity index (χ0n) is 15.6. The van der Waals surface area contributed by atoms with Crippen LogP contribution in [0.15, 0.2) is 18.2 Å². The van der Waals surface area contributed by atoms with Gasteiger partial charge in [-0.05, 0) is 38.1 Å². The molecule has 4 N–H and O–H groups in total. The predicted molar refractivity (Wildman–Crippen MR) is 105 cm³/mol. The second-order valence-electron chi connectivity index (χ2n) is 7.00. The molecule has 1 fully saturated rings. The van der Waals surface area contributed by atoms with Gasteiger partial charge in [0.15, 0.2) is 6.29 Å². The Morgan fingerprint density at radius 3 is 2.41 bits per heavy atom. The molecule has 1 amide bonds. The quantitative estimate of drug-likeness (QED) is 0.377. The molecule has 1 aromatic heterocycles. The van der Waals surface area contributed by atoms with Gasteiger partial charge in [-0.3, -0.25) is 9.59 Å². The van der Waals surface area contributed by atoms with Gasteiger partial charge in [0.2, 0.25) is 0 Å². The van der Waals surface area contributed by atoms with E-state index >= 15 is 0 Å². The molecule has 0 radical (unpaired) electrons. The minimum absolute atomic E-state index is 0.00204.